The highest BCUT2D eigenvalue weighted by molar-refractivity contribution is 9.10. The van der Waals surface area contributed by atoms with Crippen LogP contribution in [0.3, 0.4) is 0 Å². The fourth-order valence-corrected chi connectivity index (χ4v) is 4.76. The van der Waals surface area contributed by atoms with Gasteiger partial charge in [-0.05, 0) is 42.8 Å². The normalized spacial score (nSPS) is 11.6. The van der Waals surface area contributed by atoms with Crippen molar-refractivity contribution in [3.63, 3.8) is 0 Å². The van der Waals surface area contributed by atoms with Crippen LogP contribution in [0.4, 0.5) is 0 Å². The number of nitrogens with zero attached hydrogens (tertiary/aromatic N) is 1. The molecule has 35 heavy (non-hydrogen) atoms. The average molecular weight is 599 g/mol. The summed E-state index contributed by atoms with van der Waals surface area (Å²) >= 11 is 22.4. The summed E-state index contributed by atoms with van der Waals surface area (Å²) in [4.78, 5) is 28.2. The lowest BCUT2D eigenvalue weighted by atomic mass is 10.0. The van der Waals surface area contributed by atoms with Crippen LogP contribution in [0, 0.1) is 0 Å². The van der Waals surface area contributed by atoms with Gasteiger partial charge in [0.15, 0.2) is 6.61 Å². The Hall–Kier alpha value is -2.25. The van der Waals surface area contributed by atoms with Gasteiger partial charge in [-0.15, -0.1) is 0 Å². The van der Waals surface area contributed by atoms with E-state index in [1.807, 2.05) is 37.3 Å². The number of amides is 2. The van der Waals surface area contributed by atoms with Crippen LogP contribution in [-0.2, 0) is 22.6 Å². The van der Waals surface area contributed by atoms with Crippen LogP contribution in [0.5, 0.6) is 5.75 Å². The number of hydrogen-bond donors (Lipinski definition) is 1. The molecular weight excluding hydrogens is 575 g/mol. The van der Waals surface area contributed by atoms with Gasteiger partial charge in [0.05, 0.1) is 5.02 Å². The van der Waals surface area contributed by atoms with E-state index in [9.17, 15) is 9.59 Å². The Bertz CT molecular complexity index is 1160. The maximum absolute atomic E-state index is 13.5. The van der Waals surface area contributed by atoms with Crippen LogP contribution in [0.25, 0.3) is 0 Å². The van der Waals surface area contributed by atoms with Crippen molar-refractivity contribution < 1.29 is 14.3 Å². The Morgan fingerprint density at radius 1 is 0.971 bits per heavy atom. The molecule has 0 saturated carbocycles. The molecule has 0 spiro atoms. The molecule has 0 aromatic heterocycles. The lowest BCUT2D eigenvalue weighted by Gasteiger charge is -2.32. The average Bonchev–Trinajstić information content (AvgIpc) is 2.83. The van der Waals surface area contributed by atoms with E-state index in [1.54, 1.807) is 36.4 Å². The van der Waals surface area contributed by atoms with Gasteiger partial charge in [-0.3, -0.25) is 9.59 Å². The molecule has 3 aromatic rings. The maximum atomic E-state index is 13.5. The highest BCUT2D eigenvalue weighted by atomic mass is 79.9. The van der Waals surface area contributed by atoms with Crippen LogP contribution in [0.1, 0.15) is 18.1 Å². The molecule has 1 atom stereocenters. The van der Waals surface area contributed by atoms with E-state index in [1.165, 1.54) is 4.90 Å². The monoisotopic (exact) mass is 596 g/mol. The molecule has 184 valence electrons. The lowest BCUT2D eigenvalue weighted by molar-refractivity contribution is -0.142. The van der Waals surface area contributed by atoms with Gasteiger partial charge < -0.3 is 15.0 Å². The van der Waals surface area contributed by atoms with E-state index in [4.69, 9.17) is 39.5 Å². The first-order valence-corrected chi connectivity index (χ1v) is 12.8. The Morgan fingerprint density at radius 3 is 2.29 bits per heavy atom. The zero-order valence-electron chi connectivity index (χ0n) is 18.9. The number of nitrogens with one attached hydrogen (secondary N) is 1. The molecule has 0 fully saturated rings. The Kier molecular flexibility index (Phi) is 10.3. The molecule has 1 unspecified atom stereocenters. The van der Waals surface area contributed by atoms with Gasteiger partial charge >= 0.3 is 0 Å². The summed E-state index contributed by atoms with van der Waals surface area (Å²) in [7, 11) is 0. The van der Waals surface area contributed by atoms with E-state index in [0.29, 0.717) is 39.3 Å². The van der Waals surface area contributed by atoms with Gasteiger partial charge in [-0.2, -0.15) is 0 Å². The predicted molar refractivity (Wildman–Crippen MR) is 144 cm³/mol. The summed E-state index contributed by atoms with van der Waals surface area (Å²) in [5, 5.41) is 4.01. The molecule has 5 nitrogen and oxygen atoms in total. The second-order valence-electron chi connectivity index (χ2n) is 7.69. The molecule has 1 N–H and O–H groups in total. The molecule has 0 heterocycles. The number of halogens is 4. The largest absolute Gasteiger partial charge is 0.482 e. The molecule has 0 radical (unpaired) electrons. The van der Waals surface area contributed by atoms with E-state index < -0.39 is 11.9 Å². The molecule has 3 rings (SSSR count). The molecule has 0 aliphatic carbocycles. The molecule has 0 aliphatic rings. The summed E-state index contributed by atoms with van der Waals surface area (Å²) in [6.45, 7) is 1.95. The standard InChI is InChI=1S/C26H24BrCl3N2O3/c1-2-31-26(34)23(13-17-7-4-3-5-8-17)32(15-19-20(28)9-6-10-21(19)29)25(33)16-35-24-12-11-18(27)14-22(24)30/h3-12,14,23H,2,13,15-16H2,1H3,(H,31,34). The van der Waals surface area contributed by atoms with Gasteiger partial charge in [-0.1, -0.05) is 87.1 Å². The molecule has 2 amide bonds. The summed E-state index contributed by atoms with van der Waals surface area (Å²) in [5.74, 6) is -0.335. The highest BCUT2D eigenvalue weighted by Crippen LogP contribution is 2.29. The molecule has 9 heteroatoms. The van der Waals surface area contributed by atoms with E-state index in [-0.39, 0.29) is 19.1 Å². The van der Waals surface area contributed by atoms with Crippen LogP contribution >= 0.6 is 50.7 Å². The van der Waals surface area contributed by atoms with Gasteiger partial charge in [0, 0.05) is 39.6 Å². The van der Waals surface area contributed by atoms with Crippen molar-refractivity contribution in [3.8, 4) is 5.75 Å². The van der Waals surface area contributed by atoms with Crippen molar-refractivity contribution in [2.24, 2.45) is 0 Å². The van der Waals surface area contributed by atoms with Crippen molar-refractivity contribution >= 4 is 62.5 Å². The van der Waals surface area contributed by atoms with Gasteiger partial charge in [0.2, 0.25) is 5.91 Å². The molecule has 0 saturated heterocycles. The number of hydrogen-bond acceptors (Lipinski definition) is 3. The van der Waals surface area contributed by atoms with Crippen LogP contribution in [0.15, 0.2) is 71.2 Å². The summed E-state index contributed by atoms with van der Waals surface area (Å²) < 4.78 is 6.52. The minimum atomic E-state index is -0.818. The first-order valence-electron chi connectivity index (χ1n) is 10.9. The minimum Gasteiger partial charge on any atom is -0.482 e. The van der Waals surface area contributed by atoms with Crippen molar-refractivity contribution in [3.05, 3.63) is 97.4 Å². The van der Waals surface area contributed by atoms with E-state index in [2.05, 4.69) is 21.2 Å². The lowest BCUT2D eigenvalue weighted by Crippen LogP contribution is -2.51. The fraction of sp³-hybridized carbons (Fsp3) is 0.231. The number of benzene rings is 3. The summed E-state index contributed by atoms with van der Waals surface area (Å²) in [6.07, 6.45) is 0.305. The Morgan fingerprint density at radius 2 is 1.66 bits per heavy atom. The fourth-order valence-electron chi connectivity index (χ4n) is 3.51. The van der Waals surface area contributed by atoms with Gasteiger partial charge in [-0.25, -0.2) is 0 Å². The number of rotatable bonds is 10. The highest BCUT2D eigenvalue weighted by Gasteiger charge is 2.31. The molecule has 0 bridgehead atoms. The maximum Gasteiger partial charge on any atom is 0.261 e. The Labute approximate surface area is 228 Å². The zero-order chi connectivity index (χ0) is 25.4. The van der Waals surface area contributed by atoms with Crippen molar-refractivity contribution in [1.29, 1.82) is 0 Å². The zero-order valence-corrected chi connectivity index (χ0v) is 22.8. The Balaban J connectivity index is 1.95. The second kappa shape index (κ2) is 13.2. The van der Waals surface area contributed by atoms with Crippen LogP contribution in [-0.4, -0.2) is 35.9 Å². The van der Waals surface area contributed by atoms with E-state index in [0.717, 1.165) is 10.0 Å². The van der Waals surface area contributed by atoms with Crippen molar-refractivity contribution in [1.82, 2.24) is 10.2 Å². The van der Waals surface area contributed by atoms with Crippen LogP contribution in [0.2, 0.25) is 15.1 Å². The third-order valence-electron chi connectivity index (χ3n) is 5.26. The SMILES string of the molecule is CCNC(=O)C(Cc1ccccc1)N(Cc1c(Cl)cccc1Cl)C(=O)COc1ccc(Br)cc1Cl. The summed E-state index contributed by atoms with van der Waals surface area (Å²) in [6, 6.07) is 18.9. The van der Waals surface area contributed by atoms with E-state index >= 15 is 0 Å². The predicted octanol–water partition coefficient (Wildman–Crippen LogP) is 6.56. The number of ether oxygens (including phenoxy) is 1. The smallest absolute Gasteiger partial charge is 0.261 e. The molecule has 0 aliphatic heterocycles. The third-order valence-corrected chi connectivity index (χ3v) is 6.75. The third kappa shape index (κ3) is 7.61. The first-order chi connectivity index (χ1) is 16.8. The van der Waals surface area contributed by atoms with Gasteiger partial charge in [0.1, 0.15) is 11.8 Å². The van der Waals surface area contributed by atoms with Crippen molar-refractivity contribution in [2.75, 3.05) is 13.2 Å². The quantitative estimate of drug-likeness (QED) is 0.288. The minimum absolute atomic E-state index is 0.0312. The topological polar surface area (TPSA) is 58.6 Å². The second-order valence-corrected chi connectivity index (χ2v) is 9.82. The van der Waals surface area contributed by atoms with Gasteiger partial charge in [0.25, 0.3) is 5.91 Å². The number of likely N-dealkylation sites (N-methyl/N-ethyl adjacent to an activating group) is 1. The number of carbonyl (C=O) groups is 2. The molecular formula is C26H24BrCl3N2O3. The number of carbonyl (C=O) groups excluding carboxylic acids is 2. The first kappa shape index (κ1) is 27.3. The van der Waals surface area contributed by atoms with Crippen LogP contribution < -0.4 is 10.1 Å². The van der Waals surface area contributed by atoms with Crippen molar-refractivity contribution in [2.45, 2.75) is 25.9 Å². The molecule has 3 aromatic carbocycles. The summed E-state index contributed by atoms with van der Waals surface area (Å²) in [5.41, 5.74) is 1.46.